The molecule has 0 atom stereocenters. The number of aliphatic hydroxyl groups excluding tert-OH is 1. The van der Waals surface area contributed by atoms with E-state index >= 15 is 0 Å². The Bertz CT molecular complexity index is 567. The van der Waals surface area contributed by atoms with E-state index in [9.17, 15) is 4.39 Å². The number of rotatable bonds is 5. The van der Waals surface area contributed by atoms with Gasteiger partial charge in [0.05, 0.1) is 18.0 Å². The van der Waals surface area contributed by atoms with Crippen LogP contribution in [0.4, 0.5) is 4.39 Å². The third-order valence-corrected chi connectivity index (χ3v) is 2.94. The van der Waals surface area contributed by atoms with Gasteiger partial charge in [0.1, 0.15) is 6.61 Å². The zero-order valence-corrected chi connectivity index (χ0v) is 11.1. The highest BCUT2D eigenvalue weighted by Gasteiger charge is 2.08. The molecule has 1 aromatic heterocycles. The van der Waals surface area contributed by atoms with E-state index in [1.165, 1.54) is 12.1 Å². The van der Waals surface area contributed by atoms with Crippen LogP contribution in [0.15, 0.2) is 24.3 Å². The summed E-state index contributed by atoms with van der Waals surface area (Å²) in [7, 11) is 1.84. The fraction of sp³-hybridized carbons (Fsp3) is 0.357. The van der Waals surface area contributed by atoms with Crippen molar-refractivity contribution in [3.05, 3.63) is 47.0 Å². The number of halogens is 1. The van der Waals surface area contributed by atoms with E-state index < -0.39 is 5.82 Å². The molecule has 0 unspecified atom stereocenters. The molecule has 19 heavy (non-hydrogen) atoms. The van der Waals surface area contributed by atoms with Crippen molar-refractivity contribution < 1.29 is 14.2 Å². The van der Waals surface area contributed by atoms with Crippen LogP contribution in [0.2, 0.25) is 0 Å². The van der Waals surface area contributed by atoms with E-state index in [1.807, 2.05) is 20.0 Å². The molecule has 0 radical (unpaired) electrons. The lowest BCUT2D eigenvalue weighted by Gasteiger charge is -2.08. The van der Waals surface area contributed by atoms with E-state index in [-0.39, 0.29) is 19.0 Å². The van der Waals surface area contributed by atoms with Crippen LogP contribution in [-0.2, 0) is 26.7 Å². The molecule has 1 N–H and O–H groups in total. The van der Waals surface area contributed by atoms with Gasteiger partial charge in [0.25, 0.3) is 0 Å². The molecule has 1 heterocycles. The van der Waals surface area contributed by atoms with Crippen LogP contribution in [0.25, 0.3) is 0 Å². The van der Waals surface area contributed by atoms with Gasteiger partial charge in [0, 0.05) is 7.05 Å². The van der Waals surface area contributed by atoms with Crippen molar-refractivity contribution in [3.8, 4) is 5.75 Å². The van der Waals surface area contributed by atoms with Crippen molar-refractivity contribution in [2.45, 2.75) is 26.6 Å². The van der Waals surface area contributed by atoms with Gasteiger partial charge in [-0.25, -0.2) is 4.39 Å². The summed E-state index contributed by atoms with van der Waals surface area (Å²) in [5.74, 6) is -0.291. The molecule has 0 bridgehead atoms. The second-order valence-electron chi connectivity index (χ2n) is 4.32. The molecule has 0 fully saturated rings. The number of aromatic nitrogens is 2. The Labute approximate surface area is 111 Å². The Hall–Kier alpha value is -1.88. The van der Waals surface area contributed by atoms with Crippen LogP contribution in [0.5, 0.6) is 5.75 Å². The second-order valence-corrected chi connectivity index (χ2v) is 4.32. The maximum absolute atomic E-state index is 13.7. The third kappa shape index (κ3) is 3.12. The monoisotopic (exact) mass is 264 g/mol. The quantitative estimate of drug-likeness (QED) is 0.900. The predicted molar refractivity (Wildman–Crippen MR) is 69.2 cm³/mol. The average Bonchev–Trinajstić information content (AvgIpc) is 2.78. The minimum atomic E-state index is -0.468. The van der Waals surface area contributed by atoms with Crippen LogP contribution in [0, 0.1) is 5.82 Å². The zero-order chi connectivity index (χ0) is 13.8. The van der Waals surface area contributed by atoms with E-state index in [0.717, 1.165) is 17.8 Å². The predicted octanol–water partition coefficient (Wildman–Crippen LogP) is 2.19. The van der Waals surface area contributed by atoms with Crippen molar-refractivity contribution in [1.29, 1.82) is 0 Å². The Morgan fingerprint density at radius 1 is 1.37 bits per heavy atom. The summed E-state index contributed by atoms with van der Waals surface area (Å²) < 4.78 is 20.8. The largest absolute Gasteiger partial charge is 0.484 e. The summed E-state index contributed by atoms with van der Waals surface area (Å²) in [5.41, 5.74) is 2.40. The minimum absolute atomic E-state index is 0.177. The van der Waals surface area contributed by atoms with E-state index in [0.29, 0.717) is 5.56 Å². The van der Waals surface area contributed by atoms with Gasteiger partial charge in [0.15, 0.2) is 11.6 Å². The number of ether oxygens (including phenoxy) is 1. The molecule has 0 spiro atoms. The normalized spacial score (nSPS) is 10.7. The number of nitrogens with zero attached hydrogens (tertiary/aromatic N) is 2. The lowest BCUT2D eigenvalue weighted by Crippen LogP contribution is -2.04. The highest BCUT2D eigenvalue weighted by Crippen LogP contribution is 2.19. The van der Waals surface area contributed by atoms with Crippen LogP contribution in [0.1, 0.15) is 23.9 Å². The molecule has 0 aliphatic rings. The number of aryl methyl sites for hydroxylation is 2. The first kappa shape index (κ1) is 13.5. The number of benzene rings is 1. The molecule has 102 valence electrons. The van der Waals surface area contributed by atoms with Gasteiger partial charge in [-0.3, -0.25) is 4.68 Å². The van der Waals surface area contributed by atoms with Gasteiger partial charge in [-0.15, -0.1) is 0 Å². The lowest BCUT2D eigenvalue weighted by atomic mass is 10.2. The molecule has 0 aliphatic heterocycles. The Kier molecular flexibility index (Phi) is 4.16. The van der Waals surface area contributed by atoms with Crippen molar-refractivity contribution in [2.75, 3.05) is 0 Å². The smallest absolute Gasteiger partial charge is 0.165 e. The standard InChI is InChI=1S/C14H17FN2O2/c1-3-11-7-12(17(2)16-11)9-19-14-5-4-10(8-18)6-13(14)15/h4-7,18H,3,8-9H2,1-2H3. The van der Waals surface area contributed by atoms with E-state index in [1.54, 1.807) is 10.7 Å². The van der Waals surface area contributed by atoms with Crippen LogP contribution in [-0.4, -0.2) is 14.9 Å². The molecule has 5 heteroatoms. The average molecular weight is 264 g/mol. The van der Waals surface area contributed by atoms with Crippen molar-refractivity contribution in [1.82, 2.24) is 9.78 Å². The Morgan fingerprint density at radius 3 is 2.74 bits per heavy atom. The third-order valence-electron chi connectivity index (χ3n) is 2.94. The maximum atomic E-state index is 13.7. The first-order chi connectivity index (χ1) is 9.13. The van der Waals surface area contributed by atoms with Crippen LogP contribution >= 0.6 is 0 Å². The highest BCUT2D eigenvalue weighted by atomic mass is 19.1. The Morgan fingerprint density at radius 2 is 2.16 bits per heavy atom. The molecule has 4 nitrogen and oxygen atoms in total. The minimum Gasteiger partial charge on any atom is -0.484 e. The summed E-state index contributed by atoms with van der Waals surface area (Å²) in [4.78, 5) is 0. The lowest BCUT2D eigenvalue weighted by molar-refractivity contribution is 0.273. The van der Waals surface area contributed by atoms with Gasteiger partial charge < -0.3 is 9.84 Å². The molecular formula is C14H17FN2O2. The number of hydrogen-bond acceptors (Lipinski definition) is 3. The van der Waals surface area contributed by atoms with Gasteiger partial charge in [-0.05, 0) is 30.2 Å². The summed E-state index contributed by atoms with van der Waals surface area (Å²) in [6, 6.07) is 6.38. The summed E-state index contributed by atoms with van der Waals surface area (Å²) in [5, 5.41) is 13.2. The first-order valence-electron chi connectivity index (χ1n) is 6.18. The van der Waals surface area contributed by atoms with Crippen molar-refractivity contribution in [3.63, 3.8) is 0 Å². The van der Waals surface area contributed by atoms with Gasteiger partial charge in [-0.2, -0.15) is 5.10 Å². The zero-order valence-electron chi connectivity index (χ0n) is 11.1. The maximum Gasteiger partial charge on any atom is 0.165 e. The molecule has 0 aliphatic carbocycles. The second kappa shape index (κ2) is 5.84. The first-order valence-corrected chi connectivity index (χ1v) is 6.18. The van der Waals surface area contributed by atoms with Gasteiger partial charge in [-0.1, -0.05) is 13.0 Å². The summed E-state index contributed by atoms with van der Waals surface area (Å²) >= 11 is 0. The van der Waals surface area contributed by atoms with Crippen molar-refractivity contribution in [2.24, 2.45) is 7.05 Å². The van der Waals surface area contributed by atoms with Gasteiger partial charge >= 0.3 is 0 Å². The molecule has 1 aromatic carbocycles. The van der Waals surface area contributed by atoms with Gasteiger partial charge in [0.2, 0.25) is 0 Å². The van der Waals surface area contributed by atoms with E-state index in [2.05, 4.69) is 5.10 Å². The molecule has 2 aromatic rings. The molecule has 2 rings (SSSR count). The summed E-state index contributed by atoms with van der Waals surface area (Å²) in [6.45, 7) is 2.11. The summed E-state index contributed by atoms with van der Waals surface area (Å²) in [6.07, 6.45) is 0.855. The SMILES string of the molecule is CCc1cc(COc2ccc(CO)cc2F)n(C)n1. The fourth-order valence-electron chi connectivity index (χ4n) is 1.79. The molecule has 0 amide bonds. The molecular weight excluding hydrogens is 247 g/mol. The topological polar surface area (TPSA) is 47.3 Å². The Balaban J connectivity index is 2.07. The molecule has 0 saturated heterocycles. The fourth-order valence-corrected chi connectivity index (χ4v) is 1.79. The number of hydrogen-bond donors (Lipinski definition) is 1. The van der Waals surface area contributed by atoms with E-state index in [4.69, 9.17) is 9.84 Å². The molecule has 0 saturated carbocycles. The van der Waals surface area contributed by atoms with Crippen LogP contribution < -0.4 is 4.74 Å². The highest BCUT2D eigenvalue weighted by molar-refractivity contribution is 5.29. The number of aliphatic hydroxyl groups is 1. The van der Waals surface area contributed by atoms with Crippen molar-refractivity contribution >= 4 is 0 Å². The van der Waals surface area contributed by atoms with Crippen LogP contribution in [0.3, 0.4) is 0 Å².